The molecule has 1 saturated heterocycles. The van der Waals surface area contributed by atoms with Gasteiger partial charge in [-0.2, -0.15) is 0 Å². The van der Waals surface area contributed by atoms with E-state index in [1.807, 2.05) is 24.3 Å². The van der Waals surface area contributed by atoms with Crippen LogP contribution < -0.4 is 10.5 Å². The molecular weight excluding hydrogens is 190 g/mol. The zero-order valence-electron chi connectivity index (χ0n) is 8.98. The Bertz CT molecular complexity index is 323. The van der Waals surface area contributed by atoms with E-state index in [0.717, 1.165) is 17.7 Å². The summed E-state index contributed by atoms with van der Waals surface area (Å²) in [6.07, 6.45) is 1.12. The standard InChI is InChI=1S/C12H17NO2/c1-2-11(13)10-5-3-4-6-12(10)15-9-7-14-8-9/h3-6,9,11H,2,7-8,13H2,1H3/t11-/m1/s1. The van der Waals surface area contributed by atoms with E-state index >= 15 is 0 Å². The lowest BCUT2D eigenvalue weighted by Gasteiger charge is -2.28. The van der Waals surface area contributed by atoms with Gasteiger partial charge in [-0.3, -0.25) is 0 Å². The Morgan fingerprint density at radius 1 is 1.47 bits per heavy atom. The third-order valence-electron chi connectivity index (χ3n) is 2.66. The molecule has 1 atom stereocenters. The van der Waals surface area contributed by atoms with Crippen molar-refractivity contribution in [1.29, 1.82) is 0 Å². The second kappa shape index (κ2) is 4.64. The van der Waals surface area contributed by atoms with Gasteiger partial charge in [0.15, 0.2) is 0 Å². The fraction of sp³-hybridized carbons (Fsp3) is 0.500. The third kappa shape index (κ3) is 2.30. The Labute approximate surface area is 90.2 Å². The molecule has 2 N–H and O–H groups in total. The zero-order valence-corrected chi connectivity index (χ0v) is 8.98. The highest BCUT2D eigenvalue weighted by Gasteiger charge is 2.21. The molecule has 1 aromatic carbocycles. The predicted octanol–water partition coefficient (Wildman–Crippen LogP) is 1.87. The van der Waals surface area contributed by atoms with Gasteiger partial charge < -0.3 is 15.2 Å². The van der Waals surface area contributed by atoms with E-state index in [0.29, 0.717) is 13.2 Å². The highest BCUT2D eigenvalue weighted by Crippen LogP contribution is 2.27. The molecular formula is C12H17NO2. The Balaban J connectivity index is 2.13. The molecule has 0 aliphatic carbocycles. The molecule has 15 heavy (non-hydrogen) atoms. The SMILES string of the molecule is CC[C@@H](N)c1ccccc1OC1COC1. The second-order valence-electron chi connectivity index (χ2n) is 3.83. The molecule has 1 aliphatic rings. The molecule has 0 unspecified atom stereocenters. The van der Waals surface area contributed by atoms with Crippen LogP contribution >= 0.6 is 0 Å². The Hall–Kier alpha value is -1.06. The van der Waals surface area contributed by atoms with Crippen LogP contribution in [0.3, 0.4) is 0 Å². The van der Waals surface area contributed by atoms with E-state index in [9.17, 15) is 0 Å². The van der Waals surface area contributed by atoms with Gasteiger partial charge in [0.25, 0.3) is 0 Å². The maximum atomic E-state index is 6.02. The van der Waals surface area contributed by atoms with Crippen LogP contribution in [0.25, 0.3) is 0 Å². The zero-order chi connectivity index (χ0) is 10.7. The minimum atomic E-state index is 0.0576. The van der Waals surface area contributed by atoms with Crippen molar-refractivity contribution in [2.24, 2.45) is 5.73 Å². The molecule has 1 fully saturated rings. The maximum Gasteiger partial charge on any atom is 0.145 e. The first-order valence-corrected chi connectivity index (χ1v) is 5.40. The molecule has 1 heterocycles. The van der Waals surface area contributed by atoms with Gasteiger partial charge >= 0.3 is 0 Å². The lowest BCUT2D eigenvalue weighted by atomic mass is 10.0. The van der Waals surface area contributed by atoms with Crippen LogP contribution in [0.5, 0.6) is 5.75 Å². The van der Waals surface area contributed by atoms with Crippen LogP contribution in [-0.2, 0) is 4.74 Å². The van der Waals surface area contributed by atoms with E-state index < -0.39 is 0 Å². The van der Waals surface area contributed by atoms with E-state index in [1.54, 1.807) is 0 Å². The van der Waals surface area contributed by atoms with Crippen LogP contribution in [0.4, 0.5) is 0 Å². The summed E-state index contributed by atoms with van der Waals surface area (Å²) < 4.78 is 10.9. The summed E-state index contributed by atoms with van der Waals surface area (Å²) in [6, 6.07) is 8.03. The monoisotopic (exact) mass is 207 g/mol. The first-order valence-electron chi connectivity index (χ1n) is 5.40. The van der Waals surface area contributed by atoms with Crippen LogP contribution in [0.15, 0.2) is 24.3 Å². The van der Waals surface area contributed by atoms with Crippen molar-refractivity contribution in [3.8, 4) is 5.75 Å². The van der Waals surface area contributed by atoms with Gasteiger partial charge in [0.1, 0.15) is 11.9 Å². The first-order chi connectivity index (χ1) is 7.31. The topological polar surface area (TPSA) is 44.5 Å². The molecule has 0 spiro atoms. The van der Waals surface area contributed by atoms with Gasteiger partial charge in [0.2, 0.25) is 0 Å². The highest BCUT2D eigenvalue weighted by atomic mass is 16.6. The van der Waals surface area contributed by atoms with E-state index in [-0.39, 0.29) is 12.1 Å². The predicted molar refractivity (Wildman–Crippen MR) is 58.9 cm³/mol. The van der Waals surface area contributed by atoms with Crippen molar-refractivity contribution in [3.63, 3.8) is 0 Å². The molecule has 3 nitrogen and oxygen atoms in total. The smallest absolute Gasteiger partial charge is 0.145 e. The fourth-order valence-electron chi connectivity index (χ4n) is 1.58. The molecule has 0 saturated carbocycles. The summed E-state index contributed by atoms with van der Waals surface area (Å²) in [4.78, 5) is 0. The fourth-order valence-corrected chi connectivity index (χ4v) is 1.58. The molecule has 2 rings (SSSR count). The maximum absolute atomic E-state index is 6.02. The van der Waals surface area contributed by atoms with E-state index in [1.165, 1.54) is 0 Å². The normalized spacial score (nSPS) is 18.3. The summed E-state index contributed by atoms with van der Waals surface area (Å²) in [5.41, 5.74) is 7.11. The molecule has 1 aliphatic heterocycles. The largest absolute Gasteiger partial charge is 0.485 e. The average molecular weight is 207 g/mol. The number of rotatable bonds is 4. The molecule has 0 radical (unpaired) electrons. The minimum Gasteiger partial charge on any atom is -0.485 e. The number of para-hydroxylation sites is 1. The van der Waals surface area contributed by atoms with Crippen LogP contribution in [-0.4, -0.2) is 19.3 Å². The number of ether oxygens (including phenoxy) is 2. The van der Waals surface area contributed by atoms with Crippen molar-refractivity contribution >= 4 is 0 Å². The number of nitrogens with two attached hydrogens (primary N) is 1. The van der Waals surface area contributed by atoms with Crippen LogP contribution in [0.1, 0.15) is 24.9 Å². The average Bonchev–Trinajstić information content (AvgIpc) is 2.23. The van der Waals surface area contributed by atoms with Crippen molar-refractivity contribution in [1.82, 2.24) is 0 Å². The quantitative estimate of drug-likeness (QED) is 0.819. The summed E-state index contributed by atoms with van der Waals surface area (Å²) in [7, 11) is 0. The van der Waals surface area contributed by atoms with Crippen LogP contribution in [0.2, 0.25) is 0 Å². The minimum absolute atomic E-state index is 0.0576. The summed E-state index contributed by atoms with van der Waals surface area (Å²) in [6.45, 7) is 3.46. The highest BCUT2D eigenvalue weighted by molar-refractivity contribution is 5.35. The summed E-state index contributed by atoms with van der Waals surface area (Å²) in [5, 5.41) is 0. The number of benzene rings is 1. The van der Waals surface area contributed by atoms with Gasteiger partial charge in [-0.1, -0.05) is 25.1 Å². The van der Waals surface area contributed by atoms with Gasteiger partial charge in [0.05, 0.1) is 13.2 Å². The Morgan fingerprint density at radius 2 is 2.20 bits per heavy atom. The third-order valence-corrected chi connectivity index (χ3v) is 2.66. The molecule has 0 aromatic heterocycles. The Morgan fingerprint density at radius 3 is 2.80 bits per heavy atom. The van der Waals surface area contributed by atoms with Gasteiger partial charge in [-0.05, 0) is 12.5 Å². The van der Waals surface area contributed by atoms with Gasteiger partial charge in [-0.25, -0.2) is 0 Å². The lowest BCUT2D eigenvalue weighted by Crippen LogP contribution is -2.38. The molecule has 0 amide bonds. The van der Waals surface area contributed by atoms with E-state index in [2.05, 4.69) is 6.92 Å². The molecule has 3 heteroatoms. The van der Waals surface area contributed by atoms with E-state index in [4.69, 9.17) is 15.2 Å². The van der Waals surface area contributed by atoms with Crippen LogP contribution in [0, 0.1) is 0 Å². The molecule has 1 aromatic rings. The second-order valence-corrected chi connectivity index (χ2v) is 3.83. The lowest BCUT2D eigenvalue weighted by molar-refractivity contribution is -0.0800. The van der Waals surface area contributed by atoms with Crippen molar-refractivity contribution in [3.05, 3.63) is 29.8 Å². The Kier molecular flexibility index (Phi) is 3.23. The first kappa shape index (κ1) is 10.5. The van der Waals surface area contributed by atoms with Crippen molar-refractivity contribution in [2.45, 2.75) is 25.5 Å². The summed E-state index contributed by atoms with van der Waals surface area (Å²) in [5.74, 6) is 0.903. The number of hydrogen-bond acceptors (Lipinski definition) is 3. The molecule has 0 bridgehead atoms. The number of hydrogen-bond donors (Lipinski definition) is 1. The summed E-state index contributed by atoms with van der Waals surface area (Å²) >= 11 is 0. The van der Waals surface area contributed by atoms with Gasteiger partial charge in [-0.15, -0.1) is 0 Å². The van der Waals surface area contributed by atoms with Crippen molar-refractivity contribution < 1.29 is 9.47 Å². The van der Waals surface area contributed by atoms with Gasteiger partial charge in [0, 0.05) is 11.6 Å². The van der Waals surface area contributed by atoms with Crippen molar-refractivity contribution in [2.75, 3.05) is 13.2 Å². The molecule has 82 valence electrons.